The summed E-state index contributed by atoms with van der Waals surface area (Å²) in [5, 5.41) is 2.92. The summed E-state index contributed by atoms with van der Waals surface area (Å²) in [6, 6.07) is 13.5. The van der Waals surface area contributed by atoms with Gasteiger partial charge in [0.25, 0.3) is 5.91 Å². The summed E-state index contributed by atoms with van der Waals surface area (Å²) < 4.78 is 5.59. The van der Waals surface area contributed by atoms with Gasteiger partial charge in [-0.05, 0) is 55.5 Å². The van der Waals surface area contributed by atoms with Gasteiger partial charge in [-0.2, -0.15) is 11.8 Å². The van der Waals surface area contributed by atoms with Gasteiger partial charge in [-0.1, -0.05) is 18.2 Å². The Hall–Kier alpha value is -1.94. The van der Waals surface area contributed by atoms with Crippen molar-refractivity contribution in [3.05, 3.63) is 59.2 Å². The maximum Gasteiger partial charge on any atom is 0.255 e. The fourth-order valence-corrected chi connectivity index (χ4v) is 2.65. The zero-order chi connectivity index (χ0) is 15.9. The first-order valence-corrected chi connectivity index (χ1v) is 8.66. The lowest BCUT2D eigenvalue weighted by Gasteiger charge is -2.12. The molecule has 0 unspecified atom stereocenters. The number of hydrogen-bond acceptors (Lipinski definition) is 3. The van der Waals surface area contributed by atoms with Crippen LogP contribution < -0.4 is 10.1 Å². The maximum atomic E-state index is 12.4. The molecule has 2 rings (SSSR count). The number of anilines is 1. The highest BCUT2D eigenvalue weighted by Gasteiger charge is 2.10. The van der Waals surface area contributed by atoms with Crippen molar-refractivity contribution in [3.8, 4) is 5.75 Å². The molecular formula is C18H21NO2S. The third-order valence-electron chi connectivity index (χ3n) is 3.21. The largest absolute Gasteiger partial charge is 0.492 e. The van der Waals surface area contributed by atoms with Gasteiger partial charge in [0.15, 0.2) is 0 Å². The van der Waals surface area contributed by atoms with Crippen molar-refractivity contribution in [2.24, 2.45) is 0 Å². The summed E-state index contributed by atoms with van der Waals surface area (Å²) in [6.07, 6.45) is 2.06. The van der Waals surface area contributed by atoms with Crippen LogP contribution in [0, 0.1) is 6.92 Å². The minimum atomic E-state index is -0.125. The number of amides is 1. The van der Waals surface area contributed by atoms with Crippen LogP contribution in [0.25, 0.3) is 0 Å². The normalized spacial score (nSPS) is 10.3. The predicted octanol–water partition coefficient (Wildman–Crippen LogP) is 4.51. The van der Waals surface area contributed by atoms with E-state index >= 15 is 0 Å². The molecule has 0 aromatic heterocycles. The van der Waals surface area contributed by atoms with Crippen molar-refractivity contribution >= 4 is 23.4 Å². The van der Waals surface area contributed by atoms with E-state index in [0.29, 0.717) is 23.6 Å². The number of benzene rings is 2. The van der Waals surface area contributed by atoms with Crippen LogP contribution in [0.1, 0.15) is 28.4 Å². The number of carbonyl (C=O) groups excluding carboxylic acids is 1. The molecular weight excluding hydrogens is 294 g/mol. The Labute approximate surface area is 136 Å². The topological polar surface area (TPSA) is 38.3 Å². The van der Waals surface area contributed by atoms with Gasteiger partial charge >= 0.3 is 0 Å². The Kier molecular flexibility index (Phi) is 5.90. The average molecular weight is 315 g/mol. The summed E-state index contributed by atoms with van der Waals surface area (Å²) in [5.74, 6) is 1.53. The Morgan fingerprint density at radius 3 is 2.55 bits per heavy atom. The third kappa shape index (κ3) is 4.28. The Bertz CT molecular complexity index is 638. The molecule has 0 aliphatic heterocycles. The van der Waals surface area contributed by atoms with Gasteiger partial charge in [0.2, 0.25) is 0 Å². The molecule has 0 saturated carbocycles. The van der Waals surface area contributed by atoms with Crippen molar-refractivity contribution in [1.82, 2.24) is 0 Å². The fourth-order valence-electron chi connectivity index (χ4n) is 2.12. The number of hydrogen-bond donors (Lipinski definition) is 1. The van der Waals surface area contributed by atoms with Gasteiger partial charge < -0.3 is 10.1 Å². The molecule has 0 spiro atoms. The van der Waals surface area contributed by atoms with E-state index < -0.39 is 0 Å². The standard InChI is InChI=1S/C18H21NO2S/c1-4-21-17-11-13(2)5-10-16(17)19-18(20)15-8-6-14(7-9-15)12-22-3/h5-11H,4,12H2,1-3H3,(H,19,20). The van der Waals surface area contributed by atoms with Crippen LogP contribution in [0.5, 0.6) is 5.75 Å². The highest BCUT2D eigenvalue weighted by atomic mass is 32.2. The van der Waals surface area contributed by atoms with Gasteiger partial charge in [0.05, 0.1) is 12.3 Å². The van der Waals surface area contributed by atoms with E-state index in [9.17, 15) is 4.79 Å². The first kappa shape index (κ1) is 16.4. The Balaban J connectivity index is 2.14. The number of ether oxygens (including phenoxy) is 1. The fraction of sp³-hybridized carbons (Fsp3) is 0.278. The average Bonchev–Trinajstić information content (AvgIpc) is 2.51. The molecule has 1 amide bonds. The van der Waals surface area contributed by atoms with Crippen LogP contribution in [0.15, 0.2) is 42.5 Å². The van der Waals surface area contributed by atoms with E-state index in [-0.39, 0.29) is 5.91 Å². The van der Waals surface area contributed by atoms with E-state index in [1.807, 2.05) is 56.3 Å². The molecule has 0 fully saturated rings. The Morgan fingerprint density at radius 1 is 1.18 bits per heavy atom. The van der Waals surface area contributed by atoms with E-state index in [0.717, 1.165) is 11.3 Å². The van der Waals surface area contributed by atoms with E-state index in [1.165, 1.54) is 5.56 Å². The minimum Gasteiger partial charge on any atom is -0.492 e. The van der Waals surface area contributed by atoms with Gasteiger partial charge in [0, 0.05) is 11.3 Å². The summed E-state index contributed by atoms with van der Waals surface area (Å²) in [6.45, 7) is 4.49. The quantitative estimate of drug-likeness (QED) is 0.852. The molecule has 0 saturated heterocycles. The lowest BCUT2D eigenvalue weighted by Crippen LogP contribution is -2.13. The molecule has 2 aromatic carbocycles. The predicted molar refractivity (Wildman–Crippen MR) is 94.0 cm³/mol. The molecule has 0 bridgehead atoms. The van der Waals surface area contributed by atoms with Crippen molar-refractivity contribution in [2.75, 3.05) is 18.2 Å². The molecule has 0 radical (unpaired) electrons. The number of aryl methyl sites for hydroxylation is 1. The number of rotatable bonds is 6. The molecule has 0 atom stereocenters. The first-order chi connectivity index (χ1) is 10.6. The molecule has 116 valence electrons. The summed E-state index contributed by atoms with van der Waals surface area (Å²) >= 11 is 1.76. The van der Waals surface area contributed by atoms with Crippen LogP contribution in [-0.4, -0.2) is 18.8 Å². The summed E-state index contributed by atoms with van der Waals surface area (Å²) in [4.78, 5) is 12.4. The SMILES string of the molecule is CCOc1cc(C)ccc1NC(=O)c1ccc(CSC)cc1. The second kappa shape index (κ2) is 7.90. The second-order valence-corrected chi connectivity index (χ2v) is 5.88. The first-order valence-electron chi connectivity index (χ1n) is 7.26. The van der Waals surface area contributed by atoms with Crippen molar-refractivity contribution in [2.45, 2.75) is 19.6 Å². The van der Waals surface area contributed by atoms with Crippen LogP contribution in [0.4, 0.5) is 5.69 Å². The highest BCUT2D eigenvalue weighted by Crippen LogP contribution is 2.26. The van der Waals surface area contributed by atoms with Crippen LogP contribution >= 0.6 is 11.8 Å². The van der Waals surface area contributed by atoms with Gasteiger partial charge in [-0.15, -0.1) is 0 Å². The third-order valence-corrected chi connectivity index (χ3v) is 3.83. The van der Waals surface area contributed by atoms with Crippen LogP contribution in [-0.2, 0) is 5.75 Å². The van der Waals surface area contributed by atoms with Crippen LogP contribution in [0.3, 0.4) is 0 Å². The van der Waals surface area contributed by atoms with Crippen LogP contribution in [0.2, 0.25) is 0 Å². The number of nitrogens with one attached hydrogen (secondary N) is 1. The number of thioether (sulfide) groups is 1. The van der Waals surface area contributed by atoms with Crippen molar-refractivity contribution in [3.63, 3.8) is 0 Å². The number of carbonyl (C=O) groups is 1. The molecule has 2 aromatic rings. The second-order valence-electron chi connectivity index (χ2n) is 5.02. The van der Waals surface area contributed by atoms with Crippen molar-refractivity contribution < 1.29 is 9.53 Å². The molecule has 3 nitrogen and oxygen atoms in total. The molecule has 0 heterocycles. The molecule has 1 N–H and O–H groups in total. The zero-order valence-corrected chi connectivity index (χ0v) is 14.0. The smallest absolute Gasteiger partial charge is 0.255 e. The summed E-state index contributed by atoms with van der Waals surface area (Å²) in [5.41, 5.74) is 3.66. The highest BCUT2D eigenvalue weighted by molar-refractivity contribution is 7.97. The molecule has 0 aliphatic carbocycles. The maximum absolute atomic E-state index is 12.4. The van der Waals surface area contributed by atoms with Crippen molar-refractivity contribution in [1.29, 1.82) is 0 Å². The monoisotopic (exact) mass is 315 g/mol. The van der Waals surface area contributed by atoms with Gasteiger partial charge in [0.1, 0.15) is 5.75 Å². The van der Waals surface area contributed by atoms with Gasteiger partial charge in [-0.25, -0.2) is 0 Å². The minimum absolute atomic E-state index is 0.125. The molecule has 0 aliphatic rings. The lowest BCUT2D eigenvalue weighted by atomic mass is 10.1. The molecule has 4 heteroatoms. The zero-order valence-electron chi connectivity index (χ0n) is 13.2. The lowest BCUT2D eigenvalue weighted by molar-refractivity contribution is 0.102. The molecule has 22 heavy (non-hydrogen) atoms. The summed E-state index contributed by atoms with van der Waals surface area (Å²) in [7, 11) is 0. The van der Waals surface area contributed by atoms with E-state index in [1.54, 1.807) is 11.8 Å². The Morgan fingerprint density at radius 2 is 1.91 bits per heavy atom. The van der Waals surface area contributed by atoms with E-state index in [2.05, 4.69) is 11.6 Å². The van der Waals surface area contributed by atoms with Gasteiger partial charge in [-0.3, -0.25) is 4.79 Å². The van der Waals surface area contributed by atoms with E-state index in [4.69, 9.17) is 4.74 Å².